The maximum absolute atomic E-state index is 12.3. The minimum atomic E-state index is -4.76. The van der Waals surface area contributed by atoms with Crippen LogP contribution in [0.2, 0.25) is 0 Å². The number of nitrogens with zero attached hydrogens (tertiary/aromatic N) is 5. The van der Waals surface area contributed by atoms with Gasteiger partial charge in [0.1, 0.15) is 11.6 Å². The van der Waals surface area contributed by atoms with E-state index in [0.717, 1.165) is 11.1 Å². The summed E-state index contributed by atoms with van der Waals surface area (Å²) in [6, 6.07) is 12.7. The van der Waals surface area contributed by atoms with Gasteiger partial charge in [0.15, 0.2) is 0 Å². The Balaban J connectivity index is 1.51. The van der Waals surface area contributed by atoms with Crippen LogP contribution in [0.25, 0.3) is 23.1 Å². The first-order valence-corrected chi connectivity index (χ1v) is 10.1. The first kappa shape index (κ1) is 22.5. The van der Waals surface area contributed by atoms with Crippen molar-refractivity contribution in [3.05, 3.63) is 65.5 Å². The highest BCUT2D eigenvalue weighted by molar-refractivity contribution is 5.57. The van der Waals surface area contributed by atoms with Gasteiger partial charge in [-0.1, -0.05) is 36.3 Å². The fourth-order valence-corrected chi connectivity index (χ4v) is 3.21. The Morgan fingerprint density at radius 1 is 1.09 bits per heavy atom. The molecule has 4 rings (SSSR count). The van der Waals surface area contributed by atoms with Crippen LogP contribution in [-0.2, 0) is 6.54 Å². The van der Waals surface area contributed by atoms with Crippen molar-refractivity contribution in [1.29, 1.82) is 0 Å². The molecule has 172 valence electrons. The summed E-state index contributed by atoms with van der Waals surface area (Å²) in [5.74, 6) is 0.769. The summed E-state index contributed by atoms with van der Waals surface area (Å²) >= 11 is 0. The maximum atomic E-state index is 12.3. The monoisotopic (exact) mass is 459 g/mol. The molecule has 0 aliphatic heterocycles. The van der Waals surface area contributed by atoms with Crippen LogP contribution in [0.15, 0.2) is 53.1 Å². The smallest absolute Gasteiger partial charge is 0.406 e. The van der Waals surface area contributed by atoms with Gasteiger partial charge in [-0.2, -0.15) is 4.98 Å². The third-order valence-corrected chi connectivity index (χ3v) is 4.87. The molecule has 0 radical (unpaired) electrons. The van der Waals surface area contributed by atoms with Crippen LogP contribution in [0.4, 0.5) is 13.2 Å². The number of hydrogen-bond donors (Lipinski definition) is 1. The van der Waals surface area contributed by atoms with Crippen LogP contribution in [0.5, 0.6) is 5.75 Å². The SMILES string of the molecule is CCC(O)c1cccc(Cn2nc(-c3nc(-c4ccc(OC(F)(F)F)cc4)no3)nc2C)c1. The number of halogens is 3. The van der Waals surface area contributed by atoms with Gasteiger partial charge in [0.2, 0.25) is 11.6 Å². The third-order valence-electron chi connectivity index (χ3n) is 4.87. The van der Waals surface area contributed by atoms with Crippen LogP contribution in [-0.4, -0.2) is 36.4 Å². The average molecular weight is 459 g/mol. The molecule has 0 aliphatic rings. The van der Waals surface area contributed by atoms with Crippen LogP contribution < -0.4 is 4.74 Å². The van der Waals surface area contributed by atoms with E-state index in [1.54, 1.807) is 11.6 Å². The van der Waals surface area contributed by atoms with E-state index >= 15 is 0 Å². The predicted octanol–water partition coefficient (Wildman–Crippen LogP) is 4.69. The summed E-state index contributed by atoms with van der Waals surface area (Å²) in [5, 5.41) is 18.4. The number of ether oxygens (including phenoxy) is 1. The van der Waals surface area contributed by atoms with Crippen molar-refractivity contribution in [3.8, 4) is 28.9 Å². The highest BCUT2D eigenvalue weighted by Gasteiger charge is 2.31. The molecule has 0 bridgehead atoms. The highest BCUT2D eigenvalue weighted by Crippen LogP contribution is 2.26. The van der Waals surface area contributed by atoms with Gasteiger partial charge < -0.3 is 14.4 Å². The summed E-state index contributed by atoms with van der Waals surface area (Å²) in [5.41, 5.74) is 2.23. The standard InChI is InChI=1S/C22H20F3N5O3/c1-3-18(31)16-6-4-5-14(11-16)12-30-13(2)26-20(28-30)21-27-19(29-33-21)15-7-9-17(10-8-15)32-22(23,24)25/h4-11,18,31H,3,12H2,1-2H3. The van der Waals surface area contributed by atoms with Gasteiger partial charge in [-0.15, -0.1) is 18.3 Å². The number of aliphatic hydroxyl groups is 1. The Kier molecular flexibility index (Phi) is 6.14. The molecule has 0 fully saturated rings. The number of benzene rings is 2. The molecule has 1 atom stereocenters. The topological polar surface area (TPSA) is 99.1 Å². The van der Waals surface area contributed by atoms with Gasteiger partial charge in [0.05, 0.1) is 12.6 Å². The van der Waals surface area contributed by atoms with Gasteiger partial charge in [0.25, 0.3) is 5.89 Å². The Labute approximate surface area is 186 Å². The van der Waals surface area contributed by atoms with Crippen molar-refractivity contribution in [2.24, 2.45) is 0 Å². The van der Waals surface area contributed by atoms with Crippen LogP contribution >= 0.6 is 0 Å². The lowest BCUT2D eigenvalue weighted by molar-refractivity contribution is -0.274. The van der Waals surface area contributed by atoms with E-state index in [0.29, 0.717) is 24.4 Å². The largest absolute Gasteiger partial charge is 0.573 e. The van der Waals surface area contributed by atoms with Gasteiger partial charge in [-0.05, 0) is 48.7 Å². The molecule has 4 aromatic rings. The number of aryl methyl sites for hydroxylation is 1. The van der Waals surface area contributed by atoms with Crippen molar-refractivity contribution < 1.29 is 27.5 Å². The van der Waals surface area contributed by atoms with E-state index in [4.69, 9.17) is 4.52 Å². The van der Waals surface area contributed by atoms with Crippen molar-refractivity contribution in [2.45, 2.75) is 39.3 Å². The molecule has 33 heavy (non-hydrogen) atoms. The van der Waals surface area contributed by atoms with Gasteiger partial charge in [-0.25, -0.2) is 9.67 Å². The minimum Gasteiger partial charge on any atom is -0.406 e. The lowest BCUT2D eigenvalue weighted by Crippen LogP contribution is -2.16. The molecule has 2 aromatic carbocycles. The number of aliphatic hydroxyl groups excluding tert-OH is 1. The molecule has 0 saturated carbocycles. The summed E-state index contributed by atoms with van der Waals surface area (Å²) in [6.07, 6.45) is -4.67. The molecule has 2 aromatic heterocycles. The van der Waals surface area contributed by atoms with Crippen molar-refractivity contribution in [3.63, 3.8) is 0 Å². The number of rotatable bonds is 7. The first-order chi connectivity index (χ1) is 15.7. The Morgan fingerprint density at radius 2 is 1.85 bits per heavy atom. The van der Waals surface area contributed by atoms with Crippen molar-refractivity contribution in [1.82, 2.24) is 24.9 Å². The summed E-state index contributed by atoms with van der Waals surface area (Å²) in [7, 11) is 0. The quantitative estimate of drug-likeness (QED) is 0.428. The van der Waals surface area contributed by atoms with Crippen molar-refractivity contribution in [2.75, 3.05) is 0 Å². The molecule has 2 heterocycles. The fraction of sp³-hybridized carbons (Fsp3) is 0.273. The lowest BCUT2D eigenvalue weighted by Gasteiger charge is -2.10. The Bertz CT molecular complexity index is 1230. The molecule has 1 N–H and O–H groups in total. The van der Waals surface area contributed by atoms with Gasteiger partial charge in [-0.3, -0.25) is 0 Å². The van der Waals surface area contributed by atoms with E-state index < -0.39 is 12.5 Å². The summed E-state index contributed by atoms with van der Waals surface area (Å²) in [4.78, 5) is 8.63. The molecular formula is C22H20F3N5O3. The molecule has 11 heteroatoms. The van der Waals surface area contributed by atoms with E-state index in [2.05, 4.69) is 25.0 Å². The summed E-state index contributed by atoms with van der Waals surface area (Å²) < 4.78 is 47.7. The van der Waals surface area contributed by atoms with Crippen LogP contribution in [0, 0.1) is 6.92 Å². The molecule has 0 amide bonds. The molecule has 0 saturated heterocycles. The van der Waals surface area contributed by atoms with E-state index in [-0.39, 0.29) is 23.3 Å². The Hall–Kier alpha value is -3.73. The number of hydrogen-bond acceptors (Lipinski definition) is 7. The maximum Gasteiger partial charge on any atom is 0.573 e. The average Bonchev–Trinajstić information content (AvgIpc) is 3.40. The zero-order valence-electron chi connectivity index (χ0n) is 17.7. The van der Waals surface area contributed by atoms with E-state index in [9.17, 15) is 18.3 Å². The van der Waals surface area contributed by atoms with E-state index in [1.165, 1.54) is 24.3 Å². The zero-order valence-corrected chi connectivity index (χ0v) is 17.7. The van der Waals surface area contributed by atoms with Gasteiger partial charge in [0, 0.05) is 5.56 Å². The Morgan fingerprint density at radius 3 is 2.55 bits per heavy atom. The van der Waals surface area contributed by atoms with Crippen LogP contribution in [0.1, 0.15) is 36.4 Å². The number of alkyl halides is 3. The predicted molar refractivity (Wildman–Crippen MR) is 111 cm³/mol. The highest BCUT2D eigenvalue weighted by atomic mass is 19.4. The molecular weight excluding hydrogens is 439 g/mol. The van der Waals surface area contributed by atoms with E-state index in [1.807, 2.05) is 31.2 Å². The zero-order chi connectivity index (χ0) is 23.6. The van der Waals surface area contributed by atoms with Gasteiger partial charge >= 0.3 is 6.36 Å². The summed E-state index contributed by atoms with van der Waals surface area (Å²) in [6.45, 7) is 4.14. The first-order valence-electron chi connectivity index (χ1n) is 10.1. The van der Waals surface area contributed by atoms with Crippen molar-refractivity contribution >= 4 is 0 Å². The molecule has 1 unspecified atom stereocenters. The third kappa shape index (κ3) is 5.37. The molecule has 0 aliphatic carbocycles. The number of aromatic nitrogens is 5. The van der Waals surface area contributed by atoms with Crippen LogP contribution in [0.3, 0.4) is 0 Å². The second-order valence-corrected chi connectivity index (χ2v) is 7.30. The molecule has 0 spiro atoms. The second kappa shape index (κ2) is 9.02. The fourth-order valence-electron chi connectivity index (χ4n) is 3.21. The second-order valence-electron chi connectivity index (χ2n) is 7.30. The minimum absolute atomic E-state index is 0.0811. The lowest BCUT2D eigenvalue weighted by atomic mass is 10.0. The normalized spacial score (nSPS) is 12.7. The molecule has 8 nitrogen and oxygen atoms in total.